The molecule has 0 amide bonds. The number of H-pyrrole nitrogens is 1. The van der Waals surface area contributed by atoms with Crippen LogP contribution >= 0.6 is 0 Å². The Labute approximate surface area is 413 Å². The fourth-order valence-corrected chi connectivity index (χ4v) is 12.2. The normalized spacial score (nSPS) is 13.7. The molecule has 2 aliphatic rings. The van der Waals surface area contributed by atoms with Gasteiger partial charge in [-0.1, -0.05) is 212 Å². The van der Waals surface area contributed by atoms with E-state index in [1.807, 2.05) is 0 Å². The van der Waals surface area contributed by atoms with Crippen LogP contribution in [-0.2, 0) is 10.8 Å². The highest BCUT2D eigenvalue weighted by Crippen LogP contribution is 2.63. The maximum atomic E-state index is 5.34. The third kappa shape index (κ3) is 6.14. The van der Waals surface area contributed by atoms with Crippen LogP contribution < -0.4 is 4.98 Å². The lowest BCUT2D eigenvalue weighted by atomic mass is 9.55. The van der Waals surface area contributed by atoms with Crippen molar-refractivity contribution in [2.24, 2.45) is 0 Å². The number of benzene rings is 10. The zero-order valence-corrected chi connectivity index (χ0v) is 39.4. The Morgan fingerprint density at radius 2 is 0.803 bits per heavy atom. The Balaban J connectivity index is 0.908. The highest BCUT2D eigenvalue weighted by atomic mass is 15.0. The van der Waals surface area contributed by atoms with Gasteiger partial charge in [-0.2, -0.15) is 0 Å². The van der Waals surface area contributed by atoms with Crippen molar-refractivity contribution in [2.45, 2.75) is 24.7 Å². The molecule has 0 saturated heterocycles. The molecule has 2 heterocycles. The lowest BCUT2D eigenvalue weighted by molar-refractivity contribution is -0.359. The molecule has 2 aromatic heterocycles. The number of nitrogens with one attached hydrogen (secondary N) is 1. The molecule has 12 aromatic rings. The van der Waals surface area contributed by atoms with Gasteiger partial charge in [0, 0.05) is 21.9 Å². The molecule has 0 bridgehead atoms. The molecule has 0 fully saturated rings. The molecule has 4 nitrogen and oxygen atoms in total. The predicted molar refractivity (Wildman–Crippen MR) is 290 cm³/mol. The Kier molecular flexibility index (Phi) is 9.12. The maximum absolute atomic E-state index is 5.34. The molecule has 0 atom stereocenters. The van der Waals surface area contributed by atoms with Crippen LogP contribution in [0.3, 0.4) is 0 Å². The topological polar surface area (TPSA) is 44.9 Å². The van der Waals surface area contributed by atoms with Crippen LogP contribution in [0.2, 0.25) is 0 Å². The molecule has 0 unspecified atom stereocenters. The van der Waals surface area contributed by atoms with Gasteiger partial charge in [0.05, 0.1) is 33.1 Å². The molecule has 10 aromatic carbocycles. The molecule has 14 rings (SSSR count). The fraction of sp³-hybridized carbons (Fsp3) is 0.0597. The molecule has 2 aliphatic carbocycles. The van der Waals surface area contributed by atoms with Gasteiger partial charge in [0.1, 0.15) is 0 Å². The minimum absolute atomic E-state index is 0.151. The van der Waals surface area contributed by atoms with Gasteiger partial charge >= 0.3 is 5.82 Å². The predicted octanol–water partition coefficient (Wildman–Crippen LogP) is 15.7. The first-order chi connectivity index (χ1) is 35.0. The van der Waals surface area contributed by atoms with E-state index >= 15 is 0 Å². The second kappa shape index (κ2) is 15.8. The summed E-state index contributed by atoms with van der Waals surface area (Å²) in [5.41, 5.74) is 21.1. The maximum Gasteiger partial charge on any atom is 0.308 e. The van der Waals surface area contributed by atoms with E-state index in [1.54, 1.807) is 0 Å². The van der Waals surface area contributed by atoms with E-state index in [0.29, 0.717) is 5.82 Å². The van der Waals surface area contributed by atoms with E-state index in [2.05, 4.69) is 266 Å². The Bertz CT molecular complexity index is 3970. The van der Waals surface area contributed by atoms with E-state index in [9.17, 15) is 0 Å². The molecule has 334 valence electrons. The van der Waals surface area contributed by atoms with Crippen molar-refractivity contribution in [3.05, 3.63) is 276 Å². The summed E-state index contributed by atoms with van der Waals surface area (Å²) in [5, 5.41) is 2.45. The summed E-state index contributed by atoms with van der Waals surface area (Å²) in [5.74, 6) is 2.13. The Morgan fingerprint density at radius 3 is 1.44 bits per heavy atom. The smallest absolute Gasteiger partial charge is 0.308 e. The first-order valence-electron chi connectivity index (χ1n) is 24.6. The van der Waals surface area contributed by atoms with Crippen LogP contribution in [0.1, 0.15) is 47.2 Å². The summed E-state index contributed by atoms with van der Waals surface area (Å²) in [6.07, 6.45) is 0. The first kappa shape index (κ1) is 41.0. The summed E-state index contributed by atoms with van der Waals surface area (Å²) in [6.45, 7) is 4.76. The van der Waals surface area contributed by atoms with Gasteiger partial charge in [-0.05, 0) is 121 Å². The van der Waals surface area contributed by atoms with E-state index in [4.69, 9.17) is 9.97 Å². The molecule has 1 N–H and O–H groups in total. The van der Waals surface area contributed by atoms with Gasteiger partial charge in [0.25, 0.3) is 11.6 Å². The number of para-hydroxylation sites is 2. The second-order valence-electron chi connectivity index (χ2n) is 19.6. The number of hydrogen-bond donors (Lipinski definition) is 0. The van der Waals surface area contributed by atoms with Crippen molar-refractivity contribution in [2.75, 3.05) is 0 Å². The molecular formula is C67H47N4+. The van der Waals surface area contributed by atoms with E-state index in [-0.39, 0.29) is 5.41 Å². The van der Waals surface area contributed by atoms with E-state index in [1.165, 1.54) is 66.4 Å². The molecule has 0 aliphatic heterocycles. The summed E-state index contributed by atoms with van der Waals surface area (Å²) in [7, 11) is 0. The quantitative estimate of drug-likeness (QED) is 0.167. The highest BCUT2D eigenvalue weighted by Gasteiger charge is 2.53. The van der Waals surface area contributed by atoms with Crippen LogP contribution in [0.25, 0.3) is 95.0 Å². The SMILES string of the molecule is CC1(C)c2ccccc2C2(c3ccccc3-c3c(-c4ccc(-c5nc(-c6cccc(-n7c8ccccc8c8ccccc87)c6)nc(-c6ccc(-c7ccccc7)cc6)[nH+]5)cc4)cccc32)c2ccccc21. The van der Waals surface area contributed by atoms with Crippen molar-refractivity contribution in [3.63, 3.8) is 0 Å². The van der Waals surface area contributed by atoms with Gasteiger partial charge in [-0.3, -0.25) is 0 Å². The van der Waals surface area contributed by atoms with Gasteiger partial charge in [-0.15, -0.1) is 0 Å². The Morgan fingerprint density at radius 1 is 0.352 bits per heavy atom. The van der Waals surface area contributed by atoms with Gasteiger partial charge in [0.2, 0.25) is 0 Å². The highest BCUT2D eigenvalue weighted by molar-refractivity contribution is 6.09. The van der Waals surface area contributed by atoms with Gasteiger partial charge in [-0.25, -0.2) is 4.98 Å². The third-order valence-corrected chi connectivity index (χ3v) is 15.4. The van der Waals surface area contributed by atoms with Crippen molar-refractivity contribution in [1.82, 2.24) is 14.5 Å². The van der Waals surface area contributed by atoms with Crippen LogP contribution in [0.15, 0.2) is 243 Å². The Hall–Kier alpha value is -8.99. The molecule has 1 spiro atoms. The van der Waals surface area contributed by atoms with E-state index in [0.717, 1.165) is 56.2 Å². The summed E-state index contributed by atoms with van der Waals surface area (Å²) in [6, 6.07) is 88.3. The molecular weight excluding hydrogens is 861 g/mol. The third-order valence-electron chi connectivity index (χ3n) is 15.4. The fourth-order valence-electron chi connectivity index (χ4n) is 12.2. The average molecular weight is 908 g/mol. The lowest BCUT2D eigenvalue weighted by Gasteiger charge is -2.46. The van der Waals surface area contributed by atoms with Crippen LogP contribution in [0.5, 0.6) is 0 Å². The van der Waals surface area contributed by atoms with Gasteiger partial charge < -0.3 is 4.57 Å². The molecule has 0 saturated carbocycles. The summed E-state index contributed by atoms with van der Waals surface area (Å²) < 4.78 is 2.35. The van der Waals surface area contributed by atoms with Crippen molar-refractivity contribution in [3.8, 4) is 73.2 Å². The monoisotopic (exact) mass is 907 g/mol. The zero-order chi connectivity index (χ0) is 47.3. The van der Waals surface area contributed by atoms with Crippen LogP contribution in [0.4, 0.5) is 0 Å². The van der Waals surface area contributed by atoms with Crippen molar-refractivity contribution >= 4 is 21.8 Å². The zero-order valence-electron chi connectivity index (χ0n) is 39.4. The molecule has 71 heavy (non-hydrogen) atoms. The van der Waals surface area contributed by atoms with E-state index < -0.39 is 5.41 Å². The van der Waals surface area contributed by atoms with Crippen LogP contribution in [0, 0.1) is 0 Å². The standard InChI is InChI=1S/C67H46N4/c1-66(2)55-27-10-12-29-57(55)67(58-30-13-11-28-56(58)66)54-26-9-6-24-53(54)62-50(25-17-31-59(62)67)45-36-40-47(41-37-45)64-68-63(46-38-34-44(35-39-46)43-18-4-3-5-19-43)69-65(70-64)48-20-16-21-49(42-48)71-60-32-14-7-22-51(60)52-23-8-15-33-61(52)71/h3-42H,1-2H3/p+1. The summed E-state index contributed by atoms with van der Waals surface area (Å²) in [4.78, 5) is 14.3. The number of aromatic amines is 1. The summed E-state index contributed by atoms with van der Waals surface area (Å²) >= 11 is 0. The van der Waals surface area contributed by atoms with Gasteiger partial charge in [0.15, 0.2) is 0 Å². The minimum Gasteiger partial charge on any atom is -0.309 e. The molecule has 0 radical (unpaired) electrons. The average Bonchev–Trinajstić information content (AvgIpc) is 3.95. The second-order valence-corrected chi connectivity index (χ2v) is 19.6. The number of rotatable bonds is 6. The van der Waals surface area contributed by atoms with Crippen molar-refractivity contribution < 1.29 is 4.98 Å². The van der Waals surface area contributed by atoms with Crippen LogP contribution in [-0.4, -0.2) is 14.5 Å². The molecule has 4 heteroatoms. The first-order valence-corrected chi connectivity index (χ1v) is 24.6. The number of hydrogen-bond acceptors (Lipinski definition) is 2. The largest absolute Gasteiger partial charge is 0.309 e. The number of aromatic nitrogens is 4. The van der Waals surface area contributed by atoms with Crippen molar-refractivity contribution in [1.29, 1.82) is 0 Å². The number of fused-ring (bicyclic) bond motifs is 12. The number of nitrogens with zero attached hydrogens (tertiary/aromatic N) is 3. The minimum atomic E-state index is -0.453. The lowest BCUT2D eigenvalue weighted by Crippen LogP contribution is -2.40.